The Bertz CT molecular complexity index is 537. The van der Waals surface area contributed by atoms with Crippen LogP contribution < -0.4 is 10.6 Å². The molecule has 1 atom stereocenters. The molecule has 1 aliphatic carbocycles. The van der Waals surface area contributed by atoms with Crippen LogP contribution in [0.3, 0.4) is 0 Å². The van der Waals surface area contributed by atoms with E-state index in [-0.39, 0.29) is 24.2 Å². The first-order valence-corrected chi connectivity index (χ1v) is 8.80. The zero-order chi connectivity index (χ0) is 15.0. The summed E-state index contributed by atoms with van der Waals surface area (Å²) in [7, 11) is 0. The number of thiazole rings is 1. The monoisotopic (exact) mass is 343 g/mol. The molecule has 2 fully saturated rings. The second-order valence-corrected chi connectivity index (χ2v) is 8.17. The van der Waals surface area contributed by atoms with Crippen LogP contribution in [0.15, 0.2) is 0 Å². The van der Waals surface area contributed by atoms with Crippen LogP contribution in [0.1, 0.15) is 43.8 Å². The number of hydrogen-bond donors (Lipinski definition) is 2. The highest BCUT2D eigenvalue weighted by Crippen LogP contribution is 2.58. The van der Waals surface area contributed by atoms with Crippen molar-refractivity contribution in [2.75, 3.05) is 18.4 Å². The minimum atomic E-state index is 0. The third-order valence-electron chi connectivity index (χ3n) is 4.75. The predicted octanol–water partition coefficient (Wildman–Crippen LogP) is 3.40. The number of anilines is 1. The van der Waals surface area contributed by atoms with Gasteiger partial charge in [0.2, 0.25) is 5.91 Å². The molecule has 1 amide bonds. The van der Waals surface area contributed by atoms with Crippen molar-refractivity contribution in [1.82, 2.24) is 10.3 Å². The van der Waals surface area contributed by atoms with Gasteiger partial charge in [-0.3, -0.25) is 4.79 Å². The molecule has 0 aromatic carbocycles. The van der Waals surface area contributed by atoms with Gasteiger partial charge in [-0.05, 0) is 57.0 Å². The Kier molecular flexibility index (Phi) is 5.51. The molecule has 1 aromatic heterocycles. The first kappa shape index (κ1) is 17.7. The average Bonchev–Trinajstić information content (AvgIpc) is 3.00. The van der Waals surface area contributed by atoms with E-state index in [9.17, 15) is 4.79 Å². The Morgan fingerprint density at radius 3 is 2.77 bits per heavy atom. The number of piperidine rings is 1. The summed E-state index contributed by atoms with van der Waals surface area (Å²) in [6, 6.07) is 0. The quantitative estimate of drug-likeness (QED) is 0.881. The summed E-state index contributed by atoms with van der Waals surface area (Å²) < 4.78 is 0. The fourth-order valence-electron chi connectivity index (χ4n) is 3.49. The first-order valence-electron chi connectivity index (χ1n) is 7.98. The van der Waals surface area contributed by atoms with Gasteiger partial charge in [-0.1, -0.05) is 13.8 Å². The Hall–Kier alpha value is -0.650. The van der Waals surface area contributed by atoms with Gasteiger partial charge in [-0.25, -0.2) is 4.98 Å². The van der Waals surface area contributed by atoms with E-state index in [1.54, 1.807) is 11.3 Å². The summed E-state index contributed by atoms with van der Waals surface area (Å²) >= 11 is 1.61. The molecule has 0 bridgehead atoms. The molecule has 1 aromatic rings. The Morgan fingerprint density at radius 1 is 1.45 bits per heavy atom. The number of rotatable bonds is 4. The van der Waals surface area contributed by atoms with E-state index in [1.807, 2.05) is 6.92 Å². The maximum atomic E-state index is 12.5. The van der Waals surface area contributed by atoms with Gasteiger partial charge in [0, 0.05) is 5.92 Å². The van der Waals surface area contributed by atoms with Crippen LogP contribution in [0.2, 0.25) is 0 Å². The second-order valence-electron chi connectivity index (χ2n) is 6.97. The van der Waals surface area contributed by atoms with Crippen LogP contribution in [0.4, 0.5) is 5.00 Å². The fourth-order valence-corrected chi connectivity index (χ4v) is 4.34. The van der Waals surface area contributed by atoms with Crippen molar-refractivity contribution in [3.63, 3.8) is 0 Å². The van der Waals surface area contributed by atoms with Gasteiger partial charge in [0.15, 0.2) is 0 Å². The second kappa shape index (κ2) is 6.85. The molecule has 2 N–H and O–H groups in total. The summed E-state index contributed by atoms with van der Waals surface area (Å²) in [6.45, 7) is 8.50. The number of aromatic nitrogens is 1. The lowest BCUT2D eigenvalue weighted by Crippen LogP contribution is -2.31. The number of carbonyl (C=O) groups is 1. The molecule has 1 saturated carbocycles. The van der Waals surface area contributed by atoms with Crippen molar-refractivity contribution in [2.24, 2.45) is 17.3 Å². The topological polar surface area (TPSA) is 54.0 Å². The number of carbonyl (C=O) groups excluding carboxylic acids is 1. The molecule has 1 unspecified atom stereocenters. The Labute approximate surface area is 142 Å². The largest absolute Gasteiger partial charge is 0.317 e. The zero-order valence-electron chi connectivity index (χ0n) is 13.6. The smallest absolute Gasteiger partial charge is 0.228 e. The third kappa shape index (κ3) is 3.63. The molecule has 6 heteroatoms. The van der Waals surface area contributed by atoms with Crippen molar-refractivity contribution in [2.45, 2.75) is 46.5 Å². The number of hydrogen-bond acceptors (Lipinski definition) is 4. The van der Waals surface area contributed by atoms with Gasteiger partial charge >= 0.3 is 0 Å². The minimum Gasteiger partial charge on any atom is -0.317 e. The van der Waals surface area contributed by atoms with Gasteiger partial charge in [0.05, 0.1) is 10.7 Å². The lowest BCUT2D eigenvalue weighted by Gasteiger charge is -2.23. The van der Waals surface area contributed by atoms with E-state index in [4.69, 9.17) is 0 Å². The Morgan fingerprint density at radius 2 is 2.14 bits per heavy atom. The predicted molar refractivity (Wildman–Crippen MR) is 93.9 cm³/mol. The molecular formula is C16H26ClN3OS. The maximum absolute atomic E-state index is 12.5. The molecule has 1 saturated heterocycles. The van der Waals surface area contributed by atoms with E-state index in [1.165, 1.54) is 0 Å². The Balaban J connectivity index is 0.00000176. The van der Waals surface area contributed by atoms with Crippen LogP contribution in [0, 0.1) is 24.2 Å². The highest BCUT2D eigenvalue weighted by atomic mass is 35.5. The van der Waals surface area contributed by atoms with Crippen LogP contribution in [-0.2, 0) is 11.2 Å². The normalized spacial score (nSPS) is 22.5. The maximum Gasteiger partial charge on any atom is 0.228 e. The van der Waals surface area contributed by atoms with E-state index >= 15 is 0 Å². The standard InChI is InChI=1S/C16H25N3OS.ClH/c1-10(2)8-13-15(21-11(3)18-13)19-14(20)12-9-16(12)4-6-17-7-5-16;/h10,12,17H,4-9H2,1-3H3,(H,19,20);1H. The van der Waals surface area contributed by atoms with Crippen LogP contribution in [0.25, 0.3) is 0 Å². The van der Waals surface area contributed by atoms with Crippen molar-refractivity contribution < 1.29 is 4.79 Å². The van der Waals surface area contributed by atoms with Gasteiger partial charge in [-0.15, -0.1) is 23.7 Å². The van der Waals surface area contributed by atoms with Gasteiger partial charge in [-0.2, -0.15) is 0 Å². The molecule has 1 aliphatic heterocycles. The highest BCUT2D eigenvalue weighted by molar-refractivity contribution is 7.16. The number of aryl methyl sites for hydroxylation is 1. The van der Waals surface area contributed by atoms with Crippen molar-refractivity contribution in [3.8, 4) is 0 Å². The van der Waals surface area contributed by atoms with Gasteiger partial charge < -0.3 is 10.6 Å². The summed E-state index contributed by atoms with van der Waals surface area (Å²) in [5.41, 5.74) is 1.36. The van der Waals surface area contributed by atoms with E-state index < -0.39 is 0 Å². The van der Waals surface area contributed by atoms with E-state index in [0.29, 0.717) is 11.3 Å². The van der Waals surface area contributed by atoms with Crippen molar-refractivity contribution >= 4 is 34.7 Å². The third-order valence-corrected chi connectivity index (χ3v) is 5.68. The van der Waals surface area contributed by atoms with Gasteiger partial charge in [0.1, 0.15) is 5.00 Å². The van der Waals surface area contributed by atoms with Crippen LogP contribution in [0.5, 0.6) is 0 Å². The molecular weight excluding hydrogens is 318 g/mol. The lowest BCUT2D eigenvalue weighted by atomic mass is 9.92. The van der Waals surface area contributed by atoms with E-state index in [0.717, 1.165) is 54.5 Å². The molecule has 4 nitrogen and oxygen atoms in total. The number of amides is 1. The molecule has 124 valence electrons. The van der Waals surface area contributed by atoms with Crippen LogP contribution >= 0.6 is 23.7 Å². The van der Waals surface area contributed by atoms with Gasteiger partial charge in [0.25, 0.3) is 0 Å². The summed E-state index contributed by atoms with van der Waals surface area (Å²) in [6.07, 6.45) is 4.29. The number of nitrogens with zero attached hydrogens (tertiary/aromatic N) is 1. The van der Waals surface area contributed by atoms with Crippen molar-refractivity contribution in [1.29, 1.82) is 0 Å². The lowest BCUT2D eigenvalue weighted by molar-refractivity contribution is -0.118. The average molecular weight is 344 g/mol. The fraction of sp³-hybridized carbons (Fsp3) is 0.750. The molecule has 1 spiro atoms. The van der Waals surface area contributed by atoms with E-state index in [2.05, 4.69) is 29.5 Å². The SMILES string of the molecule is Cc1nc(CC(C)C)c(NC(=O)C2CC23CCNCC3)s1.Cl. The molecule has 2 aliphatic rings. The van der Waals surface area contributed by atoms with Crippen molar-refractivity contribution in [3.05, 3.63) is 10.7 Å². The molecule has 22 heavy (non-hydrogen) atoms. The number of halogens is 1. The highest BCUT2D eigenvalue weighted by Gasteiger charge is 2.57. The number of nitrogens with one attached hydrogen (secondary N) is 2. The molecule has 0 radical (unpaired) electrons. The zero-order valence-corrected chi connectivity index (χ0v) is 15.2. The summed E-state index contributed by atoms with van der Waals surface area (Å²) in [5.74, 6) is 0.985. The minimum absolute atomic E-state index is 0. The summed E-state index contributed by atoms with van der Waals surface area (Å²) in [4.78, 5) is 17.1. The van der Waals surface area contributed by atoms with Crippen LogP contribution in [-0.4, -0.2) is 24.0 Å². The first-order chi connectivity index (χ1) is 10.00. The molecule has 3 rings (SSSR count). The molecule has 2 heterocycles. The summed E-state index contributed by atoms with van der Waals surface area (Å²) in [5, 5.41) is 8.56.